The molecule has 0 amide bonds. The van der Waals surface area contributed by atoms with Gasteiger partial charge in [-0.3, -0.25) is 0 Å². The van der Waals surface area contributed by atoms with E-state index in [-0.39, 0.29) is 0 Å². The number of aromatic nitrogens is 2. The average Bonchev–Trinajstić information content (AvgIpc) is 3.80. The summed E-state index contributed by atoms with van der Waals surface area (Å²) in [6.07, 6.45) is 0. The fourth-order valence-electron chi connectivity index (χ4n) is 9.36. The summed E-state index contributed by atoms with van der Waals surface area (Å²) >= 11 is 0. The van der Waals surface area contributed by atoms with Gasteiger partial charge < -0.3 is 4.57 Å². The normalized spacial score (nSPS) is 13.5. The fourth-order valence-corrected chi connectivity index (χ4v) is 9.36. The molecule has 1 spiro atoms. The quantitative estimate of drug-likeness (QED) is 0.189. The van der Waals surface area contributed by atoms with Gasteiger partial charge in [-0.1, -0.05) is 127 Å². The number of hydrogen-bond acceptors (Lipinski definition) is 1. The molecule has 0 aliphatic heterocycles. The molecule has 11 rings (SSSR count). The molecule has 1 heterocycles. The van der Waals surface area contributed by atoms with E-state index in [2.05, 4.69) is 175 Å². The maximum atomic E-state index is 5.13. The molecule has 0 fully saturated rings. The molecule has 0 bridgehead atoms. The first-order valence-corrected chi connectivity index (χ1v) is 17.6. The highest BCUT2D eigenvalue weighted by molar-refractivity contribution is 6.12. The molecule has 0 radical (unpaired) electrons. The van der Waals surface area contributed by atoms with E-state index in [1.807, 2.05) is 0 Å². The van der Waals surface area contributed by atoms with Crippen molar-refractivity contribution in [2.45, 2.75) is 18.9 Å². The van der Waals surface area contributed by atoms with Crippen molar-refractivity contribution in [1.82, 2.24) is 9.55 Å². The van der Waals surface area contributed by atoms with Crippen LogP contribution in [-0.4, -0.2) is 9.55 Å². The zero-order valence-electron chi connectivity index (χ0n) is 27.7. The molecule has 2 aliphatic rings. The Kier molecular flexibility index (Phi) is 5.61. The van der Waals surface area contributed by atoms with Crippen molar-refractivity contribution in [1.29, 1.82) is 0 Å². The predicted molar refractivity (Wildman–Crippen MR) is 208 cm³/mol. The summed E-state index contributed by atoms with van der Waals surface area (Å²) in [4.78, 5) is 5.13. The van der Waals surface area contributed by atoms with E-state index in [0.29, 0.717) is 0 Å². The lowest BCUT2D eigenvalue weighted by atomic mass is 9.69. The average molecular weight is 637 g/mol. The largest absolute Gasteiger partial charge is 0.324 e. The van der Waals surface area contributed by atoms with Crippen LogP contribution in [0.5, 0.6) is 0 Å². The zero-order valence-corrected chi connectivity index (χ0v) is 27.7. The lowest BCUT2D eigenvalue weighted by molar-refractivity contribution is 0.795. The maximum Gasteiger partial charge on any atom is 0.141 e. The number of fused-ring (bicyclic) bond motifs is 14. The minimum atomic E-state index is -0.436. The van der Waals surface area contributed by atoms with Gasteiger partial charge in [0, 0.05) is 12.1 Å². The van der Waals surface area contributed by atoms with Crippen molar-refractivity contribution in [3.05, 3.63) is 186 Å². The highest BCUT2D eigenvalue weighted by Gasteiger charge is 2.52. The van der Waals surface area contributed by atoms with Crippen LogP contribution in [0.25, 0.3) is 77.3 Å². The smallest absolute Gasteiger partial charge is 0.141 e. The summed E-state index contributed by atoms with van der Waals surface area (Å²) in [6.45, 7) is 3.06. The number of imidazole rings is 1. The van der Waals surface area contributed by atoms with E-state index in [0.717, 1.165) is 23.4 Å². The van der Waals surface area contributed by atoms with Crippen molar-refractivity contribution in [3.8, 4) is 44.8 Å². The third-order valence-electron chi connectivity index (χ3n) is 11.4. The Morgan fingerprint density at radius 1 is 0.480 bits per heavy atom. The molecular formula is C48H32N2. The highest BCUT2D eigenvalue weighted by atomic mass is 15.1. The van der Waals surface area contributed by atoms with Crippen molar-refractivity contribution in [3.63, 3.8) is 0 Å². The molecule has 2 aliphatic carbocycles. The van der Waals surface area contributed by atoms with Gasteiger partial charge in [-0.15, -0.1) is 0 Å². The Morgan fingerprint density at radius 3 is 1.90 bits per heavy atom. The molecule has 0 N–H and O–H groups in total. The van der Waals surface area contributed by atoms with Gasteiger partial charge in [0.15, 0.2) is 0 Å². The van der Waals surface area contributed by atoms with Gasteiger partial charge in [-0.25, -0.2) is 4.98 Å². The Labute approximate surface area is 290 Å². The van der Waals surface area contributed by atoms with Crippen molar-refractivity contribution < 1.29 is 0 Å². The fraction of sp³-hybridized carbons (Fsp3) is 0.0625. The summed E-state index contributed by atoms with van der Waals surface area (Å²) in [6, 6.07) is 61.0. The van der Waals surface area contributed by atoms with Crippen LogP contribution in [0.2, 0.25) is 0 Å². The van der Waals surface area contributed by atoms with Crippen LogP contribution in [0.15, 0.2) is 164 Å². The van der Waals surface area contributed by atoms with Crippen molar-refractivity contribution >= 4 is 32.6 Å². The molecule has 0 saturated carbocycles. The second-order valence-electron chi connectivity index (χ2n) is 13.7. The van der Waals surface area contributed by atoms with Gasteiger partial charge >= 0.3 is 0 Å². The second-order valence-corrected chi connectivity index (χ2v) is 13.7. The van der Waals surface area contributed by atoms with E-state index in [4.69, 9.17) is 4.98 Å². The predicted octanol–water partition coefficient (Wildman–Crippen LogP) is 12.0. The number of aryl methyl sites for hydroxylation is 1. The number of hydrogen-bond donors (Lipinski definition) is 0. The highest BCUT2D eigenvalue weighted by Crippen LogP contribution is 2.64. The molecule has 8 aromatic carbocycles. The molecule has 2 nitrogen and oxygen atoms in total. The summed E-state index contributed by atoms with van der Waals surface area (Å²) in [5, 5.41) is 5.11. The van der Waals surface area contributed by atoms with Gasteiger partial charge in [0.2, 0.25) is 0 Å². The molecule has 50 heavy (non-hydrogen) atoms. The van der Waals surface area contributed by atoms with Gasteiger partial charge in [0.25, 0.3) is 0 Å². The minimum absolute atomic E-state index is 0.436. The molecule has 1 aromatic heterocycles. The first-order chi connectivity index (χ1) is 24.8. The standard InChI is InChI=1S/C48H32N2/c1-2-50-45-25-12-11-24-44(45)49-47(50)33-17-13-16-32(26-33)38-29-43-46(37-21-6-5-18-34(37)38)39-27-30-14-3-4-15-31(30)28-42(39)48(43)40-22-9-7-19-35(40)36-20-8-10-23-41(36)48/h3-29H,2H2,1H3. The van der Waals surface area contributed by atoms with Crippen LogP contribution < -0.4 is 0 Å². The number of benzene rings is 8. The summed E-state index contributed by atoms with van der Waals surface area (Å²) in [5.74, 6) is 1.01. The van der Waals surface area contributed by atoms with E-state index >= 15 is 0 Å². The summed E-state index contributed by atoms with van der Waals surface area (Å²) in [5.41, 5.74) is 16.1. The lowest BCUT2D eigenvalue weighted by Crippen LogP contribution is -2.26. The van der Waals surface area contributed by atoms with Gasteiger partial charge in [0.05, 0.1) is 16.4 Å². The molecule has 0 unspecified atom stereocenters. The number of nitrogens with zero attached hydrogens (tertiary/aromatic N) is 2. The molecule has 2 heteroatoms. The topological polar surface area (TPSA) is 17.8 Å². The lowest BCUT2D eigenvalue weighted by Gasteiger charge is -2.31. The summed E-state index contributed by atoms with van der Waals surface area (Å²) < 4.78 is 2.33. The first kappa shape index (κ1) is 27.7. The Hall–Kier alpha value is -6.25. The van der Waals surface area contributed by atoms with Gasteiger partial charge in [-0.2, -0.15) is 0 Å². The number of rotatable bonds is 3. The van der Waals surface area contributed by atoms with Crippen LogP contribution in [-0.2, 0) is 12.0 Å². The van der Waals surface area contributed by atoms with Gasteiger partial charge in [-0.05, 0) is 121 Å². The Morgan fingerprint density at radius 2 is 1.12 bits per heavy atom. The molecule has 9 aromatic rings. The van der Waals surface area contributed by atoms with E-state index in [1.165, 1.54) is 82.7 Å². The SMILES string of the molecule is CCn1c(-c2cccc(-c3cc4c(c5ccccc35)-c3cc5ccccc5cc3C43c4ccccc4-c4ccccc43)c2)nc2ccccc21. The van der Waals surface area contributed by atoms with Crippen LogP contribution in [0.3, 0.4) is 0 Å². The van der Waals surface area contributed by atoms with E-state index in [9.17, 15) is 0 Å². The van der Waals surface area contributed by atoms with Crippen LogP contribution in [0.4, 0.5) is 0 Å². The Balaban J connectivity index is 1.26. The van der Waals surface area contributed by atoms with Crippen molar-refractivity contribution in [2.24, 2.45) is 0 Å². The first-order valence-electron chi connectivity index (χ1n) is 17.6. The van der Waals surface area contributed by atoms with Crippen molar-refractivity contribution in [2.75, 3.05) is 0 Å². The van der Waals surface area contributed by atoms with Crippen LogP contribution >= 0.6 is 0 Å². The van der Waals surface area contributed by atoms with E-state index in [1.54, 1.807) is 0 Å². The second kappa shape index (κ2) is 10.1. The Bertz CT molecular complexity index is 2830. The van der Waals surface area contributed by atoms with Gasteiger partial charge in [0.1, 0.15) is 5.82 Å². The molecule has 0 saturated heterocycles. The zero-order chi connectivity index (χ0) is 33.0. The number of para-hydroxylation sites is 2. The van der Waals surface area contributed by atoms with E-state index < -0.39 is 5.41 Å². The molecule has 0 atom stereocenters. The third kappa shape index (κ3) is 3.50. The van der Waals surface area contributed by atoms with Crippen LogP contribution in [0.1, 0.15) is 29.2 Å². The minimum Gasteiger partial charge on any atom is -0.324 e. The third-order valence-corrected chi connectivity index (χ3v) is 11.4. The summed E-state index contributed by atoms with van der Waals surface area (Å²) in [7, 11) is 0. The molecular weight excluding hydrogens is 605 g/mol. The van der Waals surface area contributed by atoms with Crippen LogP contribution in [0, 0.1) is 0 Å². The monoisotopic (exact) mass is 636 g/mol. The maximum absolute atomic E-state index is 5.13. The molecule has 234 valence electrons.